The molecular weight excluding hydrogens is 175 g/mol. The Bertz CT molecular complexity index is 157. The van der Waals surface area contributed by atoms with Gasteiger partial charge in [0.2, 0.25) is 6.41 Å². The first kappa shape index (κ1) is 11.7. The molecule has 0 spiro atoms. The molecule has 8 heteroatoms. The number of carbonyl (C=O) groups excluding carboxylic acids is 1. The summed E-state index contributed by atoms with van der Waals surface area (Å²) in [7, 11) is 1.85. The number of rotatable bonds is 8. The lowest BCUT2D eigenvalue weighted by Crippen LogP contribution is -2.38. The second kappa shape index (κ2) is 8.82. The third-order valence-corrected chi connectivity index (χ3v) is 1.08. The van der Waals surface area contributed by atoms with Crippen molar-refractivity contribution in [3.63, 3.8) is 0 Å². The van der Waals surface area contributed by atoms with Crippen LogP contribution in [-0.2, 0) is 4.79 Å². The molecule has 0 heterocycles. The number of amides is 2. The molecule has 0 aromatic carbocycles. The minimum absolute atomic E-state index is 0.509. The molecule has 0 unspecified atom stereocenters. The fourth-order valence-corrected chi connectivity index (χ4v) is 0.587. The zero-order valence-corrected chi connectivity index (χ0v) is 7.04. The Morgan fingerprint density at radius 1 is 1.46 bits per heavy atom. The average molecular weight is 187 g/mol. The smallest absolute Gasteiger partial charge is 0.419 e. The van der Waals surface area contributed by atoms with Crippen LogP contribution in [-0.4, -0.2) is 37.9 Å². The first-order valence-corrected chi connectivity index (χ1v) is 3.73. The number of hydrogen-bond donors (Lipinski definition) is 5. The number of hydrogen-bond acceptors (Lipinski definition) is 4. The van der Waals surface area contributed by atoms with Crippen molar-refractivity contribution >= 4 is 19.8 Å². The summed E-state index contributed by atoms with van der Waals surface area (Å²) >= 11 is 0. The molecule has 0 rings (SSSR count). The predicted octanol–water partition coefficient (Wildman–Crippen LogP) is -1.91. The topological polar surface area (TPSA) is 102 Å². The Hall–Kier alpha value is -1.28. The van der Waals surface area contributed by atoms with Crippen LogP contribution < -0.4 is 21.7 Å². The molecule has 0 saturated heterocycles. The second-order valence-electron chi connectivity index (χ2n) is 2.08. The van der Waals surface area contributed by atoms with Gasteiger partial charge in [-0.3, -0.25) is 15.6 Å². The molecule has 7 nitrogen and oxygen atoms in total. The van der Waals surface area contributed by atoms with Gasteiger partial charge in [-0.15, -0.1) is 0 Å². The molecule has 2 amide bonds. The van der Waals surface area contributed by atoms with Gasteiger partial charge >= 0.3 is 6.09 Å². The Morgan fingerprint density at radius 2 is 2.23 bits per heavy atom. The number of nitrogens with one attached hydrogen (secondary N) is 4. The summed E-state index contributed by atoms with van der Waals surface area (Å²) in [5.74, 6) is 0. The van der Waals surface area contributed by atoms with Crippen molar-refractivity contribution in [3.8, 4) is 0 Å². The van der Waals surface area contributed by atoms with Gasteiger partial charge in [0.1, 0.15) is 7.28 Å². The lowest BCUT2D eigenvalue weighted by Gasteiger charge is -2.03. The number of carboxylic acid groups (broad SMARTS) is 1. The Labute approximate surface area is 76.4 Å². The van der Waals surface area contributed by atoms with E-state index in [1.807, 2.05) is 12.7 Å². The molecule has 0 saturated carbocycles. The van der Waals surface area contributed by atoms with E-state index in [2.05, 4.69) is 16.3 Å². The molecule has 0 aromatic heterocycles. The molecule has 0 aliphatic carbocycles. The molecule has 5 N–H and O–H groups in total. The fraction of sp³-hybridized carbons (Fsp3) is 0.600. The van der Waals surface area contributed by atoms with Crippen LogP contribution in [0, 0.1) is 0 Å². The van der Waals surface area contributed by atoms with E-state index >= 15 is 0 Å². The van der Waals surface area contributed by atoms with Gasteiger partial charge in [-0.25, -0.2) is 15.6 Å². The normalized spacial score (nSPS) is 8.92. The second-order valence-corrected chi connectivity index (χ2v) is 2.08. The Kier molecular flexibility index (Phi) is 7.95. The van der Waals surface area contributed by atoms with Gasteiger partial charge in [0, 0.05) is 6.54 Å². The van der Waals surface area contributed by atoms with Crippen molar-refractivity contribution in [3.05, 3.63) is 0 Å². The molecule has 1 radical (unpaired) electrons. The highest BCUT2D eigenvalue weighted by atomic mass is 16.4. The van der Waals surface area contributed by atoms with Gasteiger partial charge in [-0.1, -0.05) is 6.32 Å². The van der Waals surface area contributed by atoms with Crippen LogP contribution >= 0.6 is 0 Å². The standard InChI is InChI=1S/C5H12BN4O3/c11-4-9-8-3-6-1-2-7-10-5(12)13/h4,7-8,10H,1-3H2,(H,9,11)(H,12,13). The van der Waals surface area contributed by atoms with E-state index in [9.17, 15) is 9.59 Å². The van der Waals surface area contributed by atoms with Gasteiger partial charge in [0.15, 0.2) is 0 Å². The maximum Gasteiger partial charge on any atom is 0.419 e. The molecule has 0 aliphatic rings. The van der Waals surface area contributed by atoms with Crippen molar-refractivity contribution in [2.75, 3.05) is 13.0 Å². The highest BCUT2D eigenvalue weighted by Gasteiger charge is 1.92. The van der Waals surface area contributed by atoms with E-state index in [0.717, 1.165) is 0 Å². The zero-order valence-electron chi connectivity index (χ0n) is 7.04. The van der Waals surface area contributed by atoms with Crippen molar-refractivity contribution in [1.29, 1.82) is 0 Å². The zero-order chi connectivity index (χ0) is 9.94. The summed E-state index contributed by atoms with van der Waals surface area (Å²) in [6.07, 6.45) is 0.653. The maximum absolute atomic E-state index is 9.93. The molecular formula is C5H12BN4O3. The Balaban J connectivity index is 2.91. The van der Waals surface area contributed by atoms with E-state index in [1.54, 1.807) is 0 Å². The van der Waals surface area contributed by atoms with E-state index in [-0.39, 0.29) is 0 Å². The van der Waals surface area contributed by atoms with E-state index < -0.39 is 6.09 Å². The highest BCUT2D eigenvalue weighted by Crippen LogP contribution is 1.71. The highest BCUT2D eigenvalue weighted by molar-refractivity contribution is 6.35. The quantitative estimate of drug-likeness (QED) is 0.132. The van der Waals surface area contributed by atoms with Crippen molar-refractivity contribution < 1.29 is 14.7 Å². The minimum Gasteiger partial charge on any atom is -0.464 e. The molecule has 0 fully saturated rings. The van der Waals surface area contributed by atoms with Crippen LogP contribution in [0.15, 0.2) is 0 Å². The summed E-state index contributed by atoms with van der Waals surface area (Å²) in [5, 5.41) is 8.14. The van der Waals surface area contributed by atoms with Crippen LogP contribution in [0.2, 0.25) is 6.32 Å². The summed E-state index contributed by atoms with van der Waals surface area (Å²) in [5.41, 5.74) is 9.34. The van der Waals surface area contributed by atoms with Gasteiger partial charge < -0.3 is 5.11 Å². The SMILES string of the molecule is O=CNNC[B]CCNNC(=O)O. The minimum atomic E-state index is -1.11. The van der Waals surface area contributed by atoms with Gasteiger partial charge in [0.25, 0.3) is 0 Å². The lowest BCUT2D eigenvalue weighted by molar-refractivity contribution is -0.110. The van der Waals surface area contributed by atoms with Crippen LogP contribution in [0.25, 0.3) is 0 Å². The fourth-order valence-electron chi connectivity index (χ4n) is 0.587. The summed E-state index contributed by atoms with van der Waals surface area (Å²) in [6.45, 7) is 0.509. The van der Waals surface area contributed by atoms with Crippen molar-refractivity contribution in [1.82, 2.24) is 21.7 Å². The average Bonchev–Trinajstić information content (AvgIpc) is 2.09. The molecule has 0 aromatic rings. The van der Waals surface area contributed by atoms with E-state index in [0.29, 0.717) is 25.7 Å². The molecule has 0 bridgehead atoms. The first-order chi connectivity index (χ1) is 6.27. The summed E-state index contributed by atoms with van der Waals surface area (Å²) < 4.78 is 0. The predicted molar refractivity (Wildman–Crippen MR) is 46.9 cm³/mol. The largest absolute Gasteiger partial charge is 0.464 e. The summed E-state index contributed by atoms with van der Waals surface area (Å²) in [4.78, 5) is 19.7. The third kappa shape index (κ3) is 10.7. The van der Waals surface area contributed by atoms with Crippen LogP contribution in [0.5, 0.6) is 0 Å². The molecule has 73 valence electrons. The third-order valence-electron chi connectivity index (χ3n) is 1.08. The number of carbonyl (C=O) groups is 2. The van der Waals surface area contributed by atoms with E-state index in [1.165, 1.54) is 0 Å². The van der Waals surface area contributed by atoms with Crippen LogP contribution in [0.1, 0.15) is 0 Å². The van der Waals surface area contributed by atoms with E-state index in [4.69, 9.17) is 5.11 Å². The van der Waals surface area contributed by atoms with Gasteiger partial charge in [0.05, 0.1) is 0 Å². The number of hydrazine groups is 2. The monoisotopic (exact) mass is 187 g/mol. The molecule has 13 heavy (non-hydrogen) atoms. The lowest BCUT2D eigenvalue weighted by atomic mass is 9.75. The maximum atomic E-state index is 9.93. The van der Waals surface area contributed by atoms with Crippen LogP contribution in [0.4, 0.5) is 4.79 Å². The van der Waals surface area contributed by atoms with Crippen molar-refractivity contribution in [2.45, 2.75) is 6.32 Å². The molecule has 0 aliphatic heterocycles. The van der Waals surface area contributed by atoms with Crippen molar-refractivity contribution in [2.24, 2.45) is 0 Å². The van der Waals surface area contributed by atoms with Crippen LogP contribution in [0.3, 0.4) is 0 Å². The molecule has 0 atom stereocenters. The summed E-state index contributed by atoms with van der Waals surface area (Å²) in [6, 6.07) is 0. The van der Waals surface area contributed by atoms with Gasteiger partial charge in [-0.2, -0.15) is 0 Å². The first-order valence-electron chi connectivity index (χ1n) is 3.73. The van der Waals surface area contributed by atoms with Gasteiger partial charge in [-0.05, 0) is 6.44 Å². The Morgan fingerprint density at radius 3 is 2.85 bits per heavy atom.